The van der Waals surface area contributed by atoms with Crippen molar-refractivity contribution in [1.29, 1.82) is 5.26 Å². The number of carbonyl (C=O) groups excluding carboxylic acids is 2. The van der Waals surface area contributed by atoms with Crippen LogP contribution < -0.4 is 15.8 Å². The molecule has 4 rings (SSSR count). The zero-order valence-electron chi connectivity index (χ0n) is 21.5. The number of halogens is 3. The lowest BCUT2D eigenvalue weighted by atomic mass is 10.0. The lowest BCUT2D eigenvalue weighted by Crippen LogP contribution is -2.37. The SMILES string of the molecule is COc1c(F)c(F)c(C#Cc2ccc(C(N)=O)cc2C)c(F)c1C(=O)NC(CC#N)Cc1c[nH]c2ccccc12. The number of hydrogen-bond donors (Lipinski definition) is 3. The van der Waals surface area contributed by atoms with Gasteiger partial charge in [0.25, 0.3) is 5.91 Å². The van der Waals surface area contributed by atoms with E-state index in [-0.39, 0.29) is 18.4 Å². The van der Waals surface area contributed by atoms with Gasteiger partial charge in [-0.05, 0) is 48.7 Å². The molecule has 1 heterocycles. The number of nitrogens with one attached hydrogen (secondary N) is 2. The third-order valence-corrected chi connectivity index (χ3v) is 6.36. The maximum Gasteiger partial charge on any atom is 0.258 e. The van der Waals surface area contributed by atoms with E-state index in [1.807, 2.05) is 30.3 Å². The average Bonchev–Trinajstić information content (AvgIpc) is 3.33. The van der Waals surface area contributed by atoms with Crippen molar-refractivity contribution in [2.75, 3.05) is 7.11 Å². The first kappa shape index (κ1) is 27.8. The van der Waals surface area contributed by atoms with E-state index in [1.165, 1.54) is 18.2 Å². The number of ether oxygens (including phenoxy) is 1. The molecule has 0 aliphatic heterocycles. The largest absolute Gasteiger partial charge is 0.493 e. The number of carbonyl (C=O) groups is 2. The summed E-state index contributed by atoms with van der Waals surface area (Å²) in [5, 5.41) is 12.8. The Hall–Kier alpha value is -5.22. The van der Waals surface area contributed by atoms with Crippen molar-refractivity contribution in [3.8, 4) is 23.7 Å². The summed E-state index contributed by atoms with van der Waals surface area (Å²) in [6.45, 7) is 1.61. The summed E-state index contributed by atoms with van der Waals surface area (Å²) in [4.78, 5) is 27.7. The van der Waals surface area contributed by atoms with Crippen molar-refractivity contribution in [2.24, 2.45) is 5.73 Å². The van der Waals surface area contributed by atoms with Crippen molar-refractivity contribution < 1.29 is 27.5 Å². The van der Waals surface area contributed by atoms with E-state index < -0.39 is 52.2 Å². The average molecular weight is 545 g/mol. The lowest BCUT2D eigenvalue weighted by molar-refractivity contribution is 0.0927. The predicted octanol–water partition coefficient (Wildman–Crippen LogP) is 4.66. The second-order valence-electron chi connectivity index (χ2n) is 8.97. The Morgan fingerprint density at radius 3 is 2.52 bits per heavy atom. The Morgan fingerprint density at radius 2 is 1.85 bits per heavy atom. The highest BCUT2D eigenvalue weighted by Gasteiger charge is 2.30. The highest BCUT2D eigenvalue weighted by molar-refractivity contribution is 5.98. The van der Waals surface area contributed by atoms with E-state index in [0.29, 0.717) is 11.1 Å². The summed E-state index contributed by atoms with van der Waals surface area (Å²) in [6.07, 6.45) is 1.82. The number of aromatic nitrogens is 1. The summed E-state index contributed by atoms with van der Waals surface area (Å²) < 4.78 is 50.3. The van der Waals surface area contributed by atoms with Gasteiger partial charge in [0.1, 0.15) is 11.1 Å². The van der Waals surface area contributed by atoms with Crippen LogP contribution in [0.25, 0.3) is 10.9 Å². The molecule has 0 radical (unpaired) electrons. The molecule has 4 N–H and O–H groups in total. The number of H-pyrrole nitrogens is 1. The smallest absolute Gasteiger partial charge is 0.258 e. The molecule has 3 aromatic carbocycles. The number of aryl methyl sites for hydroxylation is 1. The number of nitrogens with two attached hydrogens (primary N) is 1. The number of fused-ring (bicyclic) bond motifs is 1. The number of hydrogen-bond acceptors (Lipinski definition) is 4. The molecule has 202 valence electrons. The molecule has 4 aromatic rings. The van der Waals surface area contributed by atoms with Gasteiger partial charge >= 0.3 is 0 Å². The molecule has 0 aliphatic carbocycles. The summed E-state index contributed by atoms with van der Waals surface area (Å²) >= 11 is 0. The van der Waals surface area contributed by atoms with Crippen LogP contribution in [-0.4, -0.2) is 29.9 Å². The van der Waals surface area contributed by atoms with E-state index in [4.69, 9.17) is 10.5 Å². The van der Waals surface area contributed by atoms with Crippen LogP contribution in [0.4, 0.5) is 13.2 Å². The third kappa shape index (κ3) is 5.47. The second-order valence-corrected chi connectivity index (χ2v) is 8.97. The first-order chi connectivity index (χ1) is 19.2. The van der Waals surface area contributed by atoms with Gasteiger partial charge in [-0.1, -0.05) is 30.0 Å². The van der Waals surface area contributed by atoms with Gasteiger partial charge in [-0.15, -0.1) is 0 Å². The topological polar surface area (TPSA) is 121 Å². The highest BCUT2D eigenvalue weighted by Crippen LogP contribution is 2.31. The van der Waals surface area contributed by atoms with Crippen molar-refractivity contribution >= 4 is 22.7 Å². The third-order valence-electron chi connectivity index (χ3n) is 6.36. The molecule has 1 aromatic heterocycles. The number of aromatic amines is 1. The van der Waals surface area contributed by atoms with Crippen molar-refractivity contribution in [2.45, 2.75) is 25.8 Å². The van der Waals surface area contributed by atoms with Crippen LogP contribution in [-0.2, 0) is 6.42 Å². The monoisotopic (exact) mass is 544 g/mol. The molecule has 0 saturated carbocycles. The van der Waals surface area contributed by atoms with Gasteiger partial charge in [0, 0.05) is 34.3 Å². The van der Waals surface area contributed by atoms with Crippen molar-refractivity contribution in [1.82, 2.24) is 10.3 Å². The van der Waals surface area contributed by atoms with Crippen molar-refractivity contribution in [3.63, 3.8) is 0 Å². The van der Waals surface area contributed by atoms with Gasteiger partial charge < -0.3 is 20.8 Å². The normalized spacial score (nSPS) is 11.3. The van der Waals surface area contributed by atoms with Crippen LogP contribution >= 0.6 is 0 Å². The molecule has 40 heavy (non-hydrogen) atoms. The zero-order chi connectivity index (χ0) is 29.0. The Balaban J connectivity index is 1.70. The zero-order valence-corrected chi connectivity index (χ0v) is 21.5. The number of benzene rings is 3. The Bertz CT molecular complexity index is 1750. The van der Waals surface area contributed by atoms with E-state index in [2.05, 4.69) is 22.1 Å². The summed E-state index contributed by atoms with van der Waals surface area (Å²) in [6, 6.07) is 12.9. The van der Waals surface area contributed by atoms with Gasteiger partial charge in [0.05, 0.1) is 19.6 Å². The quantitative estimate of drug-likeness (QED) is 0.232. The number of para-hydroxylation sites is 1. The highest BCUT2D eigenvalue weighted by atomic mass is 19.2. The van der Waals surface area contributed by atoms with Crippen LogP contribution in [0.1, 0.15) is 49.4 Å². The van der Waals surface area contributed by atoms with Gasteiger partial charge in [-0.2, -0.15) is 9.65 Å². The Kier molecular flexibility index (Phi) is 8.11. The maximum atomic E-state index is 15.6. The second kappa shape index (κ2) is 11.7. The van der Waals surface area contributed by atoms with Gasteiger partial charge in [-0.25, -0.2) is 8.78 Å². The predicted molar refractivity (Wildman–Crippen MR) is 142 cm³/mol. The number of nitriles is 1. The van der Waals surface area contributed by atoms with Gasteiger partial charge in [-0.3, -0.25) is 9.59 Å². The van der Waals surface area contributed by atoms with E-state index in [0.717, 1.165) is 23.6 Å². The molecule has 0 spiro atoms. The Morgan fingerprint density at radius 1 is 1.10 bits per heavy atom. The molecular weight excluding hydrogens is 521 g/mol. The molecule has 10 heteroatoms. The van der Waals surface area contributed by atoms with Crippen LogP contribution in [0, 0.1) is 47.5 Å². The maximum absolute atomic E-state index is 15.6. The van der Waals surface area contributed by atoms with Crippen LogP contribution in [0.3, 0.4) is 0 Å². The first-order valence-electron chi connectivity index (χ1n) is 12.1. The minimum Gasteiger partial charge on any atom is -0.493 e. The summed E-state index contributed by atoms with van der Waals surface area (Å²) in [5.74, 6) is -2.52. The fourth-order valence-corrected chi connectivity index (χ4v) is 4.34. The lowest BCUT2D eigenvalue weighted by Gasteiger charge is -2.18. The number of nitrogens with zero attached hydrogens (tertiary/aromatic N) is 1. The summed E-state index contributed by atoms with van der Waals surface area (Å²) in [5.41, 5.74) is 6.08. The van der Waals surface area contributed by atoms with Gasteiger partial charge in [0.2, 0.25) is 11.7 Å². The molecule has 0 bridgehead atoms. The molecule has 0 fully saturated rings. The fourth-order valence-electron chi connectivity index (χ4n) is 4.34. The molecule has 0 aliphatic rings. The number of rotatable bonds is 7. The minimum atomic E-state index is -1.63. The summed E-state index contributed by atoms with van der Waals surface area (Å²) in [7, 11) is 0.974. The van der Waals surface area contributed by atoms with E-state index in [9.17, 15) is 23.6 Å². The molecule has 1 atom stereocenters. The van der Waals surface area contributed by atoms with Crippen LogP contribution in [0.5, 0.6) is 5.75 Å². The van der Waals surface area contributed by atoms with Crippen LogP contribution in [0.2, 0.25) is 0 Å². The number of primary amides is 1. The standard InChI is InChI=1S/C30H23F3N4O3/c1-16-13-18(29(35)38)8-7-17(16)9-10-22-25(31)24(28(40-2)27(33)26(22)32)30(39)37-20(11-12-34)14-19-15-36-23-6-4-3-5-21(19)23/h3-8,13,15,20,36H,11,14H2,1-2H3,(H2,35,38)(H,37,39). The molecule has 2 amide bonds. The first-order valence-corrected chi connectivity index (χ1v) is 12.1. The van der Waals surface area contributed by atoms with Gasteiger partial charge in [0.15, 0.2) is 17.4 Å². The van der Waals surface area contributed by atoms with E-state index >= 15 is 4.39 Å². The minimum absolute atomic E-state index is 0.133. The van der Waals surface area contributed by atoms with Crippen LogP contribution in [0.15, 0.2) is 48.7 Å². The van der Waals surface area contributed by atoms with Crippen molar-refractivity contribution in [3.05, 3.63) is 99.5 Å². The molecular formula is C30H23F3N4O3. The molecule has 7 nitrogen and oxygen atoms in total. The fraction of sp³-hybridized carbons (Fsp3) is 0.167. The molecule has 0 saturated heterocycles. The molecule has 1 unspecified atom stereocenters. The number of amides is 2. The van der Waals surface area contributed by atoms with E-state index in [1.54, 1.807) is 13.1 Å². The Labute approximate surface area is 227 Å². The number of methoxy groups -OCH3 is 1.